The van der Waals surface area contributed by atoms with Crippen LogP contribution in [0, 0.1) is 6.92 Å². The van der Waals surface area contributed by atoms with Crippen LogP contribution in [-0.2, 0) is 6.42 Å². The number of alkyl halides is 1. The molecule has 1 rings (SSSR count). The zero-order valence-electron chi connectivity index (χ0n) is 8.85. The van der Waals surface area contributed by atoms with Crippen molar-refractivity contribution >= 4 is 15.9 Å². The molecule has 0 saturated heterocycles. The molecule has 0 bridgehead atoms. The van der Waals surface area contributed by atoms with E-state index in [1.807, 2.05) is 6.92 Å². The molecule has 0 aliphatic heterocycles. The Morgan fingerprint density at radius 2 is 2.14 bits per heavy atom. The maximum atomic E-state index is 5.44. The number of rotatable bonds is 5. The Labute approximate surface area is 94.6 Å². The van der Waals surface area contributed by atoms with E-state index in [4.69, 9.17) is 4.74 Å². The second-order valence-corrected chi connectivity index (χ2v) is 4.11. The van der Waals surface area contributed by atoms with Gasteiger partial charge in [0.1, 0.15) is 5.75 Å². The highest BCUT2D eigenvalue weighted by Gasteiger charge is 2.00. The van der Waals surface area contributed by atoms with Crippen LogP contribution in [0.15, 0.2) is 18.2 Å². The quantitative estimate of drug-likeness (QED) is 0.730. The van der Waals surface area contributed by atoms with Gasteiger partial charge in [0.15, 0.2) is 0 Å². The minimum absolute atomic E-state index is 0.736. The Balaban J connectivity index is 2.68. The predicted octanol–water partition coefficient (Wildman–Crippen LogP) is 3.72. The maximum absolute atomic E-state index is 5.44. The molecule has 0 aromatic heterocycles. The fraction of sp³-hybridized carbons (Fsp3) is 0.500. The molecule has 1 aromatic carbocycles. The van der Waals surface area contributed by atoms with Gasteiger partial charge in [-0.25, -0.2) is 0 Å². The van der Waals surface area contributed by atoms with Gasteiger partial charge in [0.25, 0.3) is 0 Å². The molecule has 0 unspecified atom stereocenters. The monoisotopic (exact) mass is 256 g/mol. The van der Waals surface area contributed by atoms with E-state index in [1.54, 1.807) is 0 Å². The first-order chi connectivity index (χ1) is 6.77. The van der Waals surface area contributed by atoms with Gasteiger partial charge in [-0.3, -0.25) is 0 Å². The average Bonchev–Trinajstić information content (AvgIpc) is 2.17. The number of benzene rings is 1. The molecule has 1 aromatic rings. The van der Waals surface area contributed by atoms with Crippen molar-refractivity contribution in [2.45, 2.75) is 26.7 Å². The van der Waals surface area contributed by atoms with Gasteiger partial charge in [-0.1, -0.05) is 22.0 Å². The van der Waals surface area contributed by atoms with Crippen LogP contribution >= 0.6 is 15.9 Å². The summed E-state index contributed by atoms with van der Waals surface area (Å²) in [7, 11) is 0. The van der Waals surface area contributed by atoms with E-state index in [2.05, 4.69) is 41.1 Å². The van der Waals surface area contributed by atoms with Gasteiger partial charge in [-0.05, 0) is 49.9 Å². The molecular weight excluding hydrogens is 240 g/mol. The number of aryl methyl sites for hydroxylation is 2. The molecule has 0 fully saturated rings. The number of ether oxygens (including phenoxy) is 1. The van der Waals surface area contributed by atoms with Gasteiger partial charge >= 0.3 is 0 Å². The molecule has 0 aliphatic rings. The van der Waals surface area contributed by atoms with Gasteiger partial charge in [-0.15, -0.1) is 0 Å². The Bertz CT molecular complexity index is 284. The lowest BCUT2D eigenvalue weighted by molar-refractivity contribution is 0.340. The number of hydrogen-bond donors (Lipinski definition) is 0. The topological polar surface area (TPSA) is 9.23 Å². The molecular formula is C12H17BrO. The molecule has 0 N–H and O–H groups in total. The van der Waals surface area contributed by atoms with Gasteiger partial charge in [0, 0.05) is 5.33 Å². The van der Waals surface area contributed by atoms with Gasteiger partial charge in [0.2, 0.25) is 0 Å². The van der Waals surface area contributed by atoms with E-state index in [9.17, 15) is 0 Å². The van der Waals surface area contributed by atoms with E-state index < -0.39 is 0 Å². The van der Waals surface area contributed by atoms with Crippen molar-refractivity contribution in [1.82, 2.24) is 0 Å². The minimum Gasteiger partial charge on any atom is -0.494 e. The summed E-state index contributed by atoms with van der Waals surface area (Å²) in [6.45, 7) is 4.89. The highest BCUT2D eigenvalue weighted by atomic mass is 79.9. The fourth-order valence-electron chi connectivity index (χ4n) is 1.46. The van der Waals surface area contributed by atoms with Crippen molar-refractivity contribution in [2.24, 2.45) is 0 Å². The molecule has 0 aliphatic carbocycles. The largest absolute Gasteiger partial charge is 0.494 e. The molecule has 0 radical (unpaired) electrons. The fourth-order valence-corrected chi connectivity index (χ4v) is 1.74. The average molecular weight is 257 g/mol. The first-order valence-corrected chi connectivity index (χ1v) is 6.18. The van der Waals surface area contributed by atoms with Crippen LogP contribution < -0.4 is 4.74 Å². The summed E-state index contributed by atoms with van der Waals surface area (Å²) in [6.07, 6.45) is 2.33. The van der Waals surface area contributed by atoms with E-state index >= 15 is 0 Å². The van der Waals surface area contributed by atoms with Crippen LogP contribution in [0.4, 0.5) is 0 Å². The maximum Gasteiger partial charge on any atom is 0.119 e. The molecule has 0 amide bonds. The van der Waals surface area contributed by atoms with Crippen LogP contribution in [0.3, 0.4) is 0 Å². The normalized spacial score (nSPS) is 10.2. The SMILES string of the molecule is CCOc1ccc(CCCBr)c(C)c1. The highest BCUT2D eigenvalue weighted by Crippen LogP contribution is 2.18. The summed E-state index contributed by atoms with van der Waals surface area (Å²) >= 11 is 3.45. The summed E-state index contributed by atoms with van der Waals surface area (Å²) in [5, 5.41) is 1.07. The van der Waals surface area contributed by atoms with Crippen LogP contribution in [0.25, 0.3) is 0 Å². The molecule has 14 heavy (non-hydrogen) atoms. The highest BCUT2D eigenvalue weighted by molar-refractivity contribution is 9.09. The third-order valence-electron chi connectivity index (χ3n) is 2.20. The third kappa shape index (κ3) is 3.33. The van der Waals surface area contributed by atoms with Crippen LogP contribution in [0.5, 0.6) is 5.75 Å². The van der Waals surface area contributed by atoms with Crippen molar-refractivity contribution in [2.75, 3.05) is 11.9 Å². The number of halogens is 1. The predicted molar refractivity (Wildman–Crippen MR) is 64.5 cm³/mol. The van der Waals surface area contributed by atoms with Crippen molar-refractivity contribution < 1.29 is 4.74 Å². The van der Waals surface area contributed by atoms with Gasteiger partial charge in [-0.2, -0.15) is 0 Å². The lowest BCUT2D eigenvalue weighted by Gasteiger charge is -2.08. The van der Waals surface area contributed by atoms with Crippen LogP contribution in [-0.4, -0.2) is 11.9 Å². The van der Waals surface area contributed by atoms with Crippen molar-refractivity contribution in [3.63, 3.8) is 0 Å². The zero-order chi connectivity index (χ0) is 10.4. The number of hydrogen-bond acceptors (Lipinski definition) is 1. The van der Waals surface area contributed by atoms with E-state index in [0.29, 0.717) is 0 Å². The molecule has 0 spiro atoms. The Morgan fingerprint density at radius 3 is 2.71 bits per heavy atom. The Morgan fingerprint density at radius 1 is 1.36 bits per heavy atom. The van der Waals surface area contributed by atoms with Crippen molar-refractivity contribution in [3.05, 3.63) is 29.3 Å². The Kier molecular flexibility index (Phi) is 5.02. The molecule has 0 atom stereocenters. The zero-order valence-corrected chi connectivity index (χ0v) is 10.4. The Hall–Kier alpha value is -0.500. The minimum atomic E-state index is 0.736. The van der Waals surface area contributed by atoms with E-state index in [1.165, 1.54) is 17.5 Å². The van der Waals surface area contributed by atoms with E-state index in [-0.39, 0.29) is 0 Å². The second kappa shape index (κ2) is 6.07. The van der Waals surface area contributed by atoms with Crippen LogP contribution in [0.2, 0.25) is 0 Å². The second-order valence-electron chi connectivity index (χ2n) is 3.31. The van der Waals surface area contributed by atoms with Crippen LogP contribution in [0.1, 0.15) is 24.5 Å². The first kappa shape index (κ1) is 11.6. The molecule has 2 heteroatoms. The molecule has 0 heterocycles. The van der Waals surface area contributed by atoms with Gasteiger partial charge < -0.3 is 4.74 Å². The lowest BCUT2D eigenvalue weighted by atomic mass is 10.0. The summed E-state index contributed by atoms with van der Waals surface area (Å²) in [6, 6.07) is 6.34. The smallest absolute Gasteiger partial charge is 0.119 e. The summed E-state index contributed by atoms with van der Waals surface area (Å²) in [4.78, 5) is 0. The van der Waals surface area contributed by atoms with Crippen molar-refractivity contribution in [1.29, 1.82) is 0 Å². The summed E-state index contributed by atoms with van der Waals surface area (Å²) in [5.41, 5.74) is 2.75. The van der Waals surface area contributed by atoms with Gasteiger partial charge in [0.05, 0.1) is 6.61 Å². The molecule has 0 saturated carbocycles. The summed E-state index contributed by atoms with van der Waals surface area (Å²) in [5.74, 6) is 0.979. The lowest BCUT2D eigenvalue weighted by Crippen LogP contribution is -1.95. The molecule has 78 valence electrons. The van der Waals surface area contributed by atoms with E-state index in [0.717, 1.165) is 24.1 Å². The molecule has 1 nitrogen and oxygen atoms in total. The first-order valence-electron chi connectivity index (χ1n) is 5.06. The van der Waals surface area contributed by atoms with Crippen molar-refractivity contribution in [3.8, 4) is 5.75 Å². The third-order valence-corrected chi connectivity index (χ3v) is 2.77. The standard InChI is InChI=1S/C12H17BrO/c1-3-14-12-7-6-11(5-4-8-13)10(2)9-12/h6-7,9H,3-5,8H2,1-2H3. The summed E-state index contributed by atoms with van der Waals surface area (Å²) < 4.78 is 5.44.